The number of rotatable bonds is 4. The number of ketones is 1. The predicted octanol–water partition coefficient (Wildman–Crippen LogP) is 6.35. The van der Waals surface area contributed by atoms with Gasteiger partial charge in [-0.1, -0.05) is 51.0 Å². The van der Waals surface area contributed by atoms with Gasteiger partial charge in [0.15, 0.2) is 5.13 Å². The smallest absolute Gasteiger partial charge is 0.301 e. The Morgan fingerprint density at radius 3 is 2.59 bits per heavy atom. The van der Waals surface area contributed by atoms with Crippen molar-refractivity contribution in [2.45, 2.75) is 6.04 Å². The molecule has 3 aromatic carbocycles. The molecule has 1 aromatic heterocycles. The molecule has 170 valence electrons. The molecule has 1 atom stereocenters. The maximum atomic E-state index is 13.3. The van der Waals surface area contributed by atoms with Gasteiger partial charge in [0.1, 0.15) is 11.5 Å². The Bertz CT molecular complexity index is 1480. The molecule has 4 aromatic rings. The van der Waals surface area contributed by atoms with Gasteiger partial charge < -0.3 is 9.84 Å². The molecule has 34 heavy (non-hydrogen) atoms. The van der Waals surface area contributed by atoms with E-state index in [4.69, 9.17) is 16.3 Å². The summed E-state index contributed by atoms with van der Waals surface area (Å²) in [5.74, 6) is -1.15. The van der Waals surface area contributed by atoms with Crippen LogP contribution < -0.4 is 9.64 Å². The van der Waals surface area contributed by atoms with Gasteiger partial charge >= 0.3 is 5.91 Å². The van der Waals surface area contributed by atoms with Crippen molar-refractivity contribution in [3.8, 4) is 5.75 Å². The van der Waals surface area contributed by atoms with Crippen molar-refractivity contribution in [3.63, 3.8) is 0 Å². The van der Waals surface area contributed by atoms with Crippen molar-refractivity contribution >= 4 is 71.7 Å². The van der Waals surface area contributed by atoms with Gasteiger partial charge in [0.2, 0.25) is 0 Å². The number of aromatic nitrogens is 1. The third-order valence-corrected chi connectivity index (χ3v) is 7.28. The fourth-order valence-electron chi connectivity index (χ4n) is 3.91. The number of methoxy groups -OCH3 is 1. The summed E-state index contributed by atoms with van der Waals surface area (Å²) in [4.78, 5) is 32.5. The van der Waals surface area contributed by atoms with Crippen molar-refractivity contribution in [2.24, 2.45) is 0 Å². The first-order valence-corrected chi connectivity index (χ1v) is 12.1. The minimum Gasteiger partial charge on any atom is -0.507 e. The van der Waals surface area contributed by atoms with Crippen LogP contribution in [0, 0.1) is 0 Å². The largest absolute Gasteiger partial charge is 0.507 e. The molecule has 5 rings (SSSR count). The molecule has 1 aliphatic heterocycles. The lowest BCUT2D eigenvalue weighted by molar-refractivity contribution is -0.132. The number of halogens is 2. The number of anilines is 1. The van der Waals surface area contributed by atoms with E-state index in [0.29, 0.717) is 32.5 Å². The van der Waals surface area contributed by atoms with E-state index in [0.717, 1.165) is 9.17 Å². The third kappa shape index (κ3) is 3.87. The maximum absolute atomic E-state index is 13.3. The summed E-state index contributed by atoms with van der Waals surface area (Å²) < 4.78 is 6.88. The molecule has 0 unspecified atom stereocenters. The topological polar surface area (TPSA) is 79.7 Å². The number of carbonyl (C=O) groups is 2. The molecular weight excluding hydrogens is 540 g/mol. The number of aliphatic hydroxyl groups excluding tert-OH is 1. The molecule has 1 aliphatic rings. The van der Waals surface area contributed by atoms with E-state index in [2.05, 4.69) is 20.9 Å². The van der Waals surface area contributed by atoms with Crippen LogP contribution in [-0.4, -0.2) is 28.9 Å². The number of fused-ring (bicyclic) bond motifs is 1. The quantitative estimate of drug-likeness (QED) is 0.180. The first-order valence-electron chi connectivity index (χ1n) is 10.1. The second-order valence-electron chi connectivity index (χ2n) is 7.56. The zero-order valence-electron chi connectivity index (χ0n) is 17.7. The molecule has 1 N–H and O–H groups in total. The summed E-state index contributed by atoms with van der Waals surface area (Å²) >= 11 is 10.7. The molecule has 0 aliphatic carbocycles. The van der Waals surface area contributed by atoms with Crippen molar-refractivity contribution in [3.05, 3.63) is 92.9 Å². The van der Waals surface area contributed by atoms with Crippen molar-refractivity contribution in [1.82, 2.24) is 4.98 Å². The first kappa shape index (κ1) is 22.6. The number of aliphatic hydroxyl groups is 1. The summed E-state index contributed by atoms with van der Waals surface area (Å²) in [5.41, 5.74) is 1.70. The normalized spacial score (nSPS) is 17.5. The van der Waals surface area contributed by atoms with Gasteiger partial charge in [-0.15, -0.1) is 0 Å². The fraction of sp³-hybridized carbons (Fsp3) is 0.0800. The zero-order chi connectivity index (χ0) is 24.0. The molecule has 2 heterocycles. The van der Waals surface area contributed by atoms with E-state index >= 15 is 0 Å². The average molecular weight is 556 g/mol. The minimum absolute atomic E-state index is 0.0118. The number of amides is 1. The Kier molecular flexibility index (Phi) is 5.89. The minimum atomic E-state index is -0.865. The number of nitrogens with zero attached hydrogens (tertiary/aromatic N) is 2. The second kappa shape index (κ2) is 8.87. The van der Waals surface area contributed by atoms with E-state index in [-0.39, 0.29) is 11.3 Å². The van der Waals surface area contributed by atoms with Crippen LogP contribution in [0.2, 0.25) is 5.02 Å². The fourth-order valence-corrected chi connectivity index (χ4v) is 5.47. The standard InChI is InChI=1S/C25H16BrClN2O4S/c1-33-17-9-10-18-19(12-17)34-25(28-18)29-21(14-3-2-4-15(26)11-14)20(23(31)24(29)32)22(30)13-5-7-16(27)8-6-13/h2-12,21,30H,1H3/b22-20+/t21-/m0/s1. The molecule has 0 spiro atoms. The number of carbonyl (C=O) groups excluding carboxylic acids is 2. The highest BCUT2D eigenvalue weighted by Crippen LogP contribution is 2.45. The Labute approximate surface area is 212 Å². The second-order valence-corrected chi connectivity index (χ2v) is 9.92. The van der Waals surface area contributed by atoms with E-state index in [9.17, 15) is 14.7 Å². The van der Waals surface area contributed by atoms with E-state index < -0.39 is 17.7 Å². The summed E-state index contributed by atoms with van der Waals surface area (Å²) in [5, 5.41) is 12.0. The zero-order valence-corrected chi connectivity index (χ0v) is 20.8. The molecule has 0 saturated carbocycles. The number of hydrogen-bond acceptors (Lipinski definition) is 6. The van der Waals surface area contributed by atoms with Crippen LogP contribution in [0.4, 0.5) is 5.13 Å². The predicted molar refractivity (Wildman–Crippen MR) is 137 cm³/mol. The van der Waals surface area contributed by atoms with Gasteiger partial charge in [-0.25, -0.2) is 4.98 Å². The number of hydrogen-bond donors (Lipinski definition) is 1. The van der Waals surface area contributed by atoms with E-state index in [1.807, 2.05) is 24.3 Å². The molecule has 0 radical (unpaired) electrons. The van der Waals surface area contributed by atoms with Gasteiger partial charge in [-0.05, 0) is 60.2 Å². The third-order valence-electron chi connectivity index (χ3n) is 5.52. The summed E-state index contributed by atoms with van der Waals surface area (Å²) in [6.45, 7) is 0. The van der Waals surface area contributed by atoms with Crippen LogP contribution in [0.15, 0.2) is 76.8 Å². The molecular formula is C25H16BrClN2O4S. The molecule has 1 amide bonds. The monoisotopic (exact) mass is 554 g/mol. The van der Waals surface area contributed by atoms with Gasteiger partial charge in [-0.3, -0.25) is 14.5 Å². The highest BCUT2D eigenvalue weighted by Gasteiger charge is 2.48. The summed E-state index contributed by atoms with van der Waals surface area (Å²) in [6, 6.07) is 18.3. The van der Waals surface area contributed by atoms with Gasteiger partial charge in [0.25, 0.3) is 5.78 Å². The lowest BCUT2D eigenvalue weighted by Crippen LogP contribution is -2.29. The van der Waals surface area contributed by atoms with Gasteiger partial charge in [-0.2, -0.15) is 0 Å². The van der Waals surface area contributed by atoms with E-state index in [1.165, 1.54) is 16.2 Å². The number of Topliss-reactive ketones (excluding diaryl/α,β-unsaturated/α-hetero) is 1. The first-order chi connectivity index (χ1) is 16.4. The van der Waals surface area contributed by atoms with Gasteiger partial charge in [0, 0.05) is 15.1 Å². The van der Waals surface area contributed by atoms with Crippen LogP contribution in [0.5, 0.6) is 5.75 Å². The van der Waals surface area contributed by atoms with Crippen molar-refractivity contribution in [1.29, 1.82) is 0 Å². The lowest BCUT2D eigenvalue weighted by Gasteiger charge is -2.23. The number of ether oxygens (including phenoxy) is 1. The maximum Gasteiger partial charge on any atom is 0.301 e. The van der Waals surface area contributed by atoms with E-state index in [1.54, 1.807) is 49.6 Å². The number of thiazole rings is 1. The van der Waals surface area contributed by atoms with Gasteiger partial charge in [0.05, 0.1) is 28.9 Å². The lowest BCUT2D eigenvalue weighted by atomic mass is 9.95. The summed E-state index contributed by atoms with van der Waals surface area (Å²) in [6.07, 6.45) is 0. The van der Waals surface area contributed by atoms with Crippen LogP contribution in [0.25, 0.3) is 16.0 Å². The molecule has 1 saturated heterocycles. The Hall–Kier alpha value is -3.20. The number of benzene rings is 3. The van der Waals surface area contributed by atoms with Crippen molar-refractivity contribution in [2.75, 3.05) is 12.0 Å². The Balaban J connectivity index is 1.72. The van der Waals surface area contributed by atoms with Crippen LogP contribution in [0.1, 0.15) is 17.2 Å². The Morgan fingerprint density at radius 2 is 1.88 bits per heavy atom. The highest BCUT2D eigenvalue weighted by molar-refractivity contribution is 9.10. The molecule has 6 nitrogen and oxygen atoms in total. The highest BCUT2D eigenvalue weighted by atomic mass is 79.9. The molecule has 0 bridgehead atoms. The average Bonchev–Trinajstić information content (AvgIpc) is 3.36. The van der Waals surface area contributed by atoms with Crippen LogP contribution in [-0.2, 0) is 9.59 Å². The summed E-state index contributed by atoms with van der Waals surface area (Å²) in [7, 11) is 1.58. The van der Waals surface area contributed by atoms with Crippen molar-refractivity contribution < 1.29 is 19.4 Å². The van der Waals surface area contributed by atoms with Crippen LogP contribution in [0.3, 0.4) is 0 Å². The van der Waals surface area contributed by atoms with Crippen LogP contribution >= 0.6 is 38.9 Å². The Morgan fingerprint density at radius 1 is 1.12 bits per heavy atom. The molecule has 1 fully saturated rings. The SMILES string of the molecule is COc1ccc2nc(N3C(=O)C(=O)/C(=C(/O)c4ccc(Cl)cc4)[C@@H]3c3cccc(Br)c3)sc2c1. The molecule has 9 heteroatoms.